The SMILES string of the molecule is CC(C)N1CCCC1c1ccc(Oc2ccccc2)nc1. The molecule has 0 N–H and O–H groups in total. The number of likely N-dealkylation sites (tertiary alicyclic amines) is 1. The first-order chi connectivity index (χ1) is 10.2. The standard InChI is InChI=1S/C18H22N2O/c1-14(2)20-12-6-9-17(20)15-10-11-18(19-13-15)21-16-7-4-3-5-8-16/h3-5,7-8,10-11,13-14,17H,6,9,12H2,1-2H3. The van der Waals surface area contributed by atoms with Crippen molar-refractivity contribution in [3.05, 3.63) is 54.2 Å². The average Bonchev–Trinajstić information content (AvgIpc) is 2.99. The van der Waals surface area contributed by atoms with Crippen LogP contribution in [0.4, 0.5) is 0 Å². The van der Waals surface area contributed by atoms with Crippen molar-refractivity contribution < 1.29 is 4.74 Å². The van der Waals surface area contributed by atoms with Crippen molar-refractivity contribution in [1.29, 1.82) is 0 Å². The van der Waals surface area contributed by atoms with E-state index in [9.17, 15) is 0 Å². The molecule has 2 aromatic rings. The Bertz CT molecular complexity index is 566. The monoisotopic (exact) mass is 282 g/mol. The Hall–Kier alpha value is -1.87. The van der Waals surface area contributed by atoms with E-state index in [1.54, 1.807) is 0 Å². The molecular weight excluding hydrogens is 260 g/mol. The highest BCUT2D eigenvalue weighted by atomic mass is 16.5. The maximum Gasteiger partial charge on any atom is 0.219 e. The fraction of sp³-hybridized carbons (Fsp3) is 0.389. The Labute approximate surface area is 126 Å². The first-order valence-corrected chi connectivity index (χ1v) is 7.68. The second-order valence-corrected chi connectivity index (χ2v) is 5.83. The summed E-state index contributed by atoms with van der Waals surface area (Å²) < 4.78 is 5.75. The van der Waals surface area contributed by atoms with E-state index in [4.69, 9.17) is 4.74 Å². The van der Waals surface area contributed by atoms with Crippen LogP contribution in [0.3, 0.4) is 0 Å². The highest BCUT2D eigenvalue weighted by Crippen LogP contribution is 2.33. The van der Waals surface area contributed by atoms with E-state index >= 15 is 0 Å². The molecule has 1 fully saturated rings. The van der Waals surface area contributed by atoms with Crippen molar-refractivity contribution in [3.63, 3.8) is 0 Å². The van der Waals surface area contributed by atoms with E-state index in [0.29, 0.717) is 18.0 Å². The minimum absolute atomic E-state index is 0.503. The fourth-order valence-electron chi connectivity index (χ4n) is 3.02. The molecule has 1 saturated heterocycles. The van der Waals surface area contributed by atoms with Crippen LogP contribution in [0.1, 0.15) is 38.3 Å². The van der Waals surface area contributed by atoms with Crippen LogP contribution in [0.2, 0.25) is 0 Å². The van der Waals surface area contributed by atoms with Crippen molar-refractivity contribution in [1.82, 2.24) is 9.88 Å². The van der Waals surface area contributed by atoms with Crippen LogP contribution < -0.4 is 4.74 Å². The third-order valence-electron chi connectivity index (χ3n) is 4.07. The lowest BCUT2D eigenvalue weighted by atomic mass is 10.1. The van der Waals surface area contributed by atoms with Crippen LogP contribution in [0.15, 0.2) is 48.7 Å². The molecule has 3 heteroatoms. The lowest BCUT2D eigenvalue weighted by molar-refractivity contribution is 0.205. The minimum atomic E-state index is 0.503. The highest BCUT2D eigenvalue weighted by molar-refractivity contribution is 5.28. The molecule has 1 atom stereocenters. The maximum absolute atomic E-state index is 5.75. The maximum atomic E-state index is 5.75. The zero-order chi connectivity index (χ0) is 14.7. The van der Waals surface area contributed by atoms with Gasteiger partial charge in [0.1, 0.15) is 5.75 Å². The van der Waals surface area contributed by atoms with Gasteiger partial charge in [0, 0.05) is 24.3 Å². The van der Waals surface area contributed by atoms with Gasteiger partial charge in [-0.3, -0.25) is 4.90 Å². The Morgan fingerprint density at radius 2 is 1.95 bits per heavy atom. The Balaban J connectivity index is 1.72. The van der Waals surface area contributed by atoms with Gasteiger partial charge in [-0.05, 0) is 50.9 Å². The van der Waals surface area contributed by atoms with Crippen LogP contribution in [0.25, 0.3) is 0 Å². The van der Waals surface area contributed by atoms with Crippen LogP contribution in [-0.2, 0) is 0 Å². The minimum Gasteiger partial charge on any atom is -0.439 e. The molecule has 0 bridgehead atoms. The lowest BCUT2D eigenvalue weighted by Crippen LogP contribution is -2.30. The molecule has 1 aromatic carbocycles. The van der Waals surface area contributed by atoms with Crippen LogP contribution in [-0.4, -0.2) is 22.5 Å². The molecule has 1 aliphatic rings. The summed E-state index contributed by atoms with van der Waals surface area (Å²) in [5.41, 5.74) is 1.29. The smallest absolute Gasteiger partial charge is 0.219 e. The van der Waals surface area contributed by atoms with Crippen molar-refractivity contribution in [2.45, 2.75) is 38.8 Å². The van der Waals surface area contributed by atoms with E-state index in [0.717, 1.165) is 5.75 Å². The molecule has 1 aromatic heterocycles. The number of nitrogens with zero attached hydrogens (tertiary/aromatic N) is 2. The van der Waals surface area contributed by atoms with Gasteiger partial charge in [-0.2, -0.15) is 0 Å². The highest BCUT2D eigenvalue weighted by Gasteiger charge is 2.27. The Morgan fingerprint density at radius 3 is 2.62 bits per heavy atom. The van der Waals surface area contributed by atoms with Gasteiger partial charge >= 0.3 is 0 Å². The molecule has 0 spiro atoms. The largest absolute Gasteiger partial charge is 0.439 e. The van der Waals surface area contributed by atoms with Gasteiger partial charge in [0.15, 0.2) is 0 Å². The summed E-state index contributed by atoms with van der Waals surface area (Å²) in [4.78, 5) is 7.01. The molecule has 0 amide bonds. The second kappa shape index (κ2) is 6.27. The van der Waals surface area contributed by atoms with E-state index in [-0.39, 0.29) is 0 Å². The van der Waals surface area contributed by atoms with E-state index in [1.165, 1.54) is 24.9 Å². The third kappa shape index (κ3) is 3.24. The summed E-state index contributed by atoms with van der Waals surface area (Å²) in [6, 6.07) is 15.0. The third-order valence-corrected chi connectivity index (χ3v) is 4.07. The number of benzene rings is 1. The van der Waals surface area contributed by atoms with Crippen molar-refractivity contribution in [2.24, 2.45) is 0 Å². The molecular formula is C18H22N2O. The number of ether oxygens (including phenoxy) is 1. The van der Waals surface area contributed by atoms with Crippen molar-refractivity contribution in [3.8, 4) is 11.6 Å². The number of hydrogen-bond donors (Lipinski definition) is 0. The van der Waals surface area contributed by atoms with Crippen LogP contribution in [0, 0.1) is 0 Å². The zero-order valence-corrected chi connectivity index (χ0v) is 12.7. The molecule has 110 valence electrons. The van der Waals surface area contributed by atoms with Crippen molar-refractivity contribution >= 4 is 0 Å². The van der Waals surface area contributed by atoms with Gasteiger partial charge in [0.05, 0.1) is 0 Å². The van der Waals surface area contributed by atoms with Gasteiger partial charge in [0.25, 0.3) is 0 Å². The van der Waals surface area contributed by atoms with Gasteiger partial charge in [0.2, 0.25) is 5.88 Å². The van der Waals surface area contributed by atoms with Crippen LogP contribution in [0.5, 0.6) is 11.6 Å². The molecule has 21 heavy (non-hydrogen) atoms. The zero-order valence-electron chi connectivity index (χ0n) is 12.7. The predicted molar refractivity (Wildman–Crippen MR) is 84.6 cm³/mol. The summed E-state index contributed by atoms with van der Waals surface area (Å²) in [6.07, 6.45) is 4.45. The molecule has 0 aliphatic carbocycles. The number of para-hydroxylation sites is 1. The lowest BCUT2D eigenvalue weighted by Gasteiger charge is -2.28. The summed E-state index contributed by atoms with van der Waals surface area (Å²) in [7, 11) is 0. The van der Waals surface area contributed by atoms with Crippen LogP contribution >= 0.6 is 0 Å². The number of hydrogen-bond acceptors (Lipinski definition) is 3. The number of rotatable bonds is 4. The van der Waals surface area contributed by atoms with E-state index in [2.05, 4.69) is 29.8 Å². The quantitative estimate of drug-likeness (QED) is 0.830. The fourth-order valence-corrected chi connectivity index (χ4v) is 3.02. The summed E-state index contributed by atoms with van der Waals surface area (Å²) in [5, 5.41) is 0. The first kappa shape index (κ1) is 14.1. The van der Waals surface area contributed by atoms with E-state index < -0.39 is 0 Å². The van der Waals surface area contributed by atoms with Gasteiger partial charge in [-0.15, -0.1) is 0 Å². The average molecular weight is 282 g/mol. The molecule has 2 heterocycles. The molecule has 1 unspecified atom stereocenters. The van der Waals surface area contributed by atoms with Gasteiger partial charge in [-0.1, -0.05) is 24.3 Å². The van der Waals surface area contributed by atoms with Gasteiger partial charge < -0.3 is 4.74 Å². The predicted octanol–water partition coefficient (Wildman–Crippen LogP) is 4.42. The molecule has 3 nitrogen and oxygen atoms in total. The normalized spacial score (nSPS) is 19.1. The summed E-state index contributed by atoms with van der Waals surface area (Å²) in [5.74, 6) is 1.47. The Kier molecular flexibility index (Phi) is 4.20. The Morgan fingerprint density at radius 1 is 1.14 bits per heavy atom. The van der Waals surface area contributed by atoms with Gasteiger partial charge in [-0.25, -0.2) is 4.98 Å². The first-order valence-electron chi connectivity index (χ1n) is 7.68. The molecule has 3 rings (SSSR count). The molecule has 0 radical (unpaired) electrons. The summed E-state index contributed by atoms with van der Waals surface area (Å²) >= 11 is 0. The number of aromatic nitrogens is 1. The summed E-state index contributed by atoms with van der Waals surface area (Å²) in [6.45, 7) is 5.71. The number of pyridine rings is 1. The molecule has 1 aliphatic heterocycles. The molecule has 0 saturated carbocycles. The second-order valence-electron chi connectivity index (χ2n) is 5.83. The topological polar surface area (TPSA) is 25.4 Å². The van der Waals surface area contributed by atoms with E-state index in [1.807, 2.05) is 42.6 Å². The van der Waals surface area contributed by atoms with Crippen molar-refractivity contribution in [2.75, 3.05) is 6.54 Å².